The van der Waals surface area contributed by atoms with Gasteiger partial charge in [-0.1, -0.05) is 13.0 Å². The summed E-state index contributed by atoms with van der Waals surface area (Å²) >= 11 is 0. The van der Waals surface area contributed by atoms with Gasteiger partial charge in [0.2, 0.25) is 5.91 Å². The average molecular weight is 523 g/mol. The summed E-state index contributed by atoms with van der Waals surface area (Å²) < 4.78 is 82.5. The number of nitrogens with one attached hydrogen (secondary N) is 1. The third kappa shape index (κ3) is 8.50. The predicted molar refractivity (Wildman–Crippen MR) is 119 cm³/mol. The summed E-state index contributed by atoms with van der Waals surface area (Å²) in [5, 5.41) is 5.33. The number of nitrogens with zero attached hydrogens (tertiary/aromatic N) is 4. The highest BCUT2D eigenvalue weighted by Gasteiger charge is 2.34. The van der Waals surface area contributed by atoms with Crippen LogP contribution in [0.3, 0.4) is 0 Å². The molecule has 1 aromatic heterocycles. The number of H-pyrrole nitrogens is 1. The van der Waals surface area contributed by atoms with Crippen LogP contribution in [0.5, 0.6) is 0 Å². The van der Waals surface area contributed by atoms with Crippen LogP contribution in [0.2, 0.25) is 0 Å². The Morgan fingerprint density at radius 1 is 1.17 bits per heavy atom. The molecule has 1 aromatic rings. The predicted octanol–water partition coefficient (Wildman–Crippen LogP) is 3.32. The number of carbonyl (C=O) groups is 1. The van der Waals surface area contributed by atoms with Crippen molar-refractivity contribution in [1.29, 1.82) is 0 Å². The number of aliphatic imine (C=N–C) groups is 1. The number of alkyl halides is 6. The van der Waals surface area contributed by atoms with Crippen molar-refractivity contribution < 1.29 is 35.9 Å². The minimum absolute atomic E-state index is 0.0367. The highest BCUT2D eigenvalue weighted by molar-refractivity contribution is 5.81. The first-order valence-corrected chi connectivity index (χ1v) is 11.1. The smallest absolute Gasteiger partial charge is 0.371 e. The fourth-order valence-electron chi connectivity index (χ4n) is 3.29. The van der Waals surface area contributed by atoms with Gasteiger partial charge in [0.1, 0.15) is 18.0 Å². The number of amides is 1. The molecule has 1 N–H and O–H groups in total. The molecule has 0 aliphatic carbocycles. The molecule has 1 amide bonds. The highest BCUT2D eigenvalue weighted by Crippen LogP contribution is 2.26. The Morgan fingerprint density at radius 2 is 1.81 bits per heavy atom. The van der Waals surface area contributed by atoms with Gasteiger partial charge >= 0.3 is 12.4 Å². The van der Waals surface area contributed by atoms with E-state index in [2.05, 4.69) is 10.1 Å². The Kier molecular flexibility index (Phi) is 10.3. The van der Waals surface area contributed by atoms with Crippen LogP contribution >= 0.6 is 0 Å². The summed E-state index contributed by atoms with van der Waals surface area (Å²) in [7, 11) is 0. The minimum Gasteiger partial charge on any atom is -0.371 e. The van der Waals surface area contributed by atoms with Crippen molar-refractivity contribution in [3.63, 3.8) is 0 Å². The fraction of sp³-hybridized carbons (Fsp3) is 0.545. The topological polar surface area (TPSA) is 90.9 Å². The second-order valence-corrected chi connectivity index (χ2v) is 7.74. The quantitative estimate of drug-likeness (QED) is 0.305. The second kappa shape index (κ2) is 12.7. The summed E-state index contributed by atoms with van der Waals surface area (Å²) in [4.78, 5) is 31.0. The molecule has 1 aliphatic rings. The molecule has 2 rings (SSSR count). The van der Waals surface area contributed by atoms with E-state index in [9.17, 15) is 35.9 Å². The molecule has 0 bridgehead atoms. The molecule has 200 valence electrons. The van der Waals surface area contributed by atoms with Crippen LogP contribution in [0.15, 0.2) is 39.4 Å². The molecule has 0 aromatic carbocycles. The first-order chi connectivity index (χ1) is 16.9. The number of aromatic nitrogens is 2. The lowest BCUT2D eigenvalue weighted by Gasteiger charge is -2.36. The lowest BCUT2D eigenvalue weighted by molar-refractivity contribution is -0.139. The maximum atomic E-state index is 12.9. The fourth-order valence-corrected chi connectivity index (χ4v) is 3.29. The molecule has 0 unspecified atom stereocenters. The maximum Gasteiger partial charge on any atom is 0.421 e. The summed E-state index contributed by atoms with van der Waals surface area (Å²) in [6, 6.07) is 0.640. The third-order valence-electron chi connectivity index (χ3n) is 5.21. The summed E-state index contributed by atoms with van der Waals surface area (Å²) in [6.07, 6.45) is -5.38. The Labute approximate surface area is 203 Å². The molecule has 0 spiro atoms. The van der Waals surface area contributed by atoms with Crippen molar-refractivity contribution in [2.45, 2.75) is 39.0 Å². The van der Waals surface area contributed by atoms with Gasteiger partial charge in [0.05, 0.1) is 17.9 Å². The Balaban J connectivity index is 1.84. The Bertz CT molecular complexity index is 1040. The van der Waals surface area contributed by atoms with Crippen molar-refractivity contribution in [2.24, 2.45) is 4.99 Å². The van der Waals surface area contributed by atoms with E-state index in [1.54, 1.807) is 16.1 Å². The van der Waals surface area contributed by atoms with Crippen molar-refractivity contribution >= 4 is 12.1 Å². The van der Waals surface area contributed by atoms with Crippen LogP contribution in [0.25, 0.3) is 0 Å². The van der Waals surface area contributed by atoms with Gasteiger partial charge in [-0.2, -0.15) is 31.4 Å². The molecule has 0 saturated carbocycles. The van der Waals surface area contributed by atoms with Gasteiger partial charge in [0.25, 0.3) is 5.56 Å². The molecule has 2 heterocycles. The zero-order valence-corrected chi connectivity index (χ0v) is 19.7. The maximum absolute atomic E-state index is 12.9. The summed E-state index contributed by atoms with van der Waals surface area (Å²) in [6.45, 7) is 4.02. The number of allylic oxidation sites excluding steroid dienone is 3. The van der Waals surface area contributed by atoms with Gasteiger partial charge in [-0.3, -0.25) is 9.59 Å². The lowest BCUT2D eigenvalue weighted by Crippen LogP contribution is -2.49. The van der Waals surface area contributed by atoms with Crippen molar-refractivity contribution in [1.82, 2.24) is 20.0 Å². The van der Waals surface area contributed by atoms with E-state index >= 15 is 0 Å². The average Bonchev–Trinajstić information content (AvgIpc) is 2.81. The standard InChI is InChI=1S/C22H27F6N5O3/c1-3-5-18(29-13-15(4-2)21(23,24)25)32-7-9-33(10-8-32)19(34)14-36-11-6-16-12-17(22(26,27)28)20(35)31-30-16/h4-5,12-13H,3,6-11,14H2,1-2H3,(H,31,35)/b15-4+,18-5-,29-13-. The van der Waals surface area contributed by atoms with Crippen LogP contribution in [-0.4, -0.2) is 77.7 Å². The number of piperazine rings is 1. The Hall–Kier alpha value is -3.16. The number of hydrogen-bond acceptors (Lipinski definition) is 6. The molecular formula is C22H27F6N5O3. The third-order valence-corrected chi connectivity index (χ3v) is 5.21. The summed E-state index contributed by atoms with van der Waals surface area (Å²) in [5.41, 5.74) is -3.60. The zero-order chi connectivity index (χ0) is 26.9. The monoisotopic (exact) mass is 523 g/mol. The van der Waals surface area contributed by atoms with Gasteiger partial charge in [0.15, 0.2) is 0 Å². The number of hydrogen-bond donors (Lipinski definition) is 1. The first kappa shape index (κ1) is 29.1. The Morgan fingerprint density at radius 3 is 2.36 bits per heavy atom. The SMILES string of the molecule is C\C=C(/C=N\C(=C\CC)N1CCN(C(=O)COCCc2cc(C(F)(F)F)c(=O)[nH]n2)CC1)C(F)(F)F. The van der Waals surface area contributed by atoms with E-state index in [1.807, 2.05) is 6.92 Å². The molecule has 1 fully saturated rings. The van der Waals surface area contributed by atoms with Gasteiger partial charge in [-0.15, -0.1) is 0 Å². The van der Waals surface area contributed by atoms with Crippen molar-refractivity contribution in [2.75, 3.05) is 39.4 Å². The molecular weight excluding hydrogens is 496 g/mol. The van der Waals surface area contributed by atoms with Gasteiger partial charge in [0, 0.05) is 38.8 Å². The first-order valence-electron chi connectivity index (χ1n) is 11.1. The highest BCUT2D eigenvalue weighted by atomic mass is 19.4. The van der Waals surface area contributed by atoms with Gasteiger partial charge in [-0.05, 0) is 25.5 Å². The number of halogens is 6. The van der Waals surface area contributed by atoms with Gasteiger partial charge in [-0.25, -0.2) is 10.1 Å². The van der Waals surface area contributed by atoms with Crippen LogP contribution in [0.1, 0.15) is 31.5 Å². The van der Waals surface area contributed by atoms with Gasteiger partial charge < -0.3 is 14.5 Å². The van der Waals surface area contributed by atoms with Crippen LogP contribution in [0, 0.1) is 0 Å². The van der Waals surface area contributed by atoms with Crippen LogP contribution in [0.4, 0.5) is 26.3 Å². The zero-order valence-electron chi connectivity index (χ0n) is 19.7. The van der Waals surface area contributed by atoms with E-state index in [0.717, 1.165) is 12.3 Å². The van der Waals surface area contributed by atoms with E-state index in [-0.39, 0.29) is 31.2 Å². The van der Waals surface area contributed by atoms with E-state index in [4.69, 9.17) is 4.74 Å². The largest absolute Gasteiger partial charge is 0.421 e. The van der Waals surface area contributed by atoms with Crippen LogP contribution < -0.4 is 5.56 Å². The molecule has 8 nitrogen and oxygen atoms in total. The number of ether oxygens (including phenoxy) is 1. The van der Waals surface area contributed by atoms with Crippen LogP contribution in [-0.2, 0) is 22.1 Å². The normalized spacial score (nSPS) is 16.2. The minimum atomic E-state index is -4.81. The van der Waals surface area contributed by atoms with Crippen molar-refractivity contribution in [3.05, 3.63) is 51.2 Å². The van der Waals surface area contributed by atoms with E-state index in [1.165, 1.54) is 11.8 Å². The summed E-state index contributed by atoms with van der Waals surface area (Å²) in [5.74, 6) is 0.0499. The molecule has 36 heavy (non-hydrogen) atoms. The van der Waals surface area contributed by atoms with E-state index < -0.39 is 29.0 Å². The number of aromatic amines is 1. The number of rotatable bonds is 9. The molecule has 14 heteroatoms. The molecule has 0 atom stereocenters. The number of carbonyl (C=O) groups excluding carboxylic acids is 1. The molecule has 1 saturated heterocycles. The lowest BCUT2D eigenvalue weighted by atomic mass is 10.2. The van der Waals surface area contributed by atoms with E-state index in [0.29, 0.717) is 44.5 Å². The molecule has 0 radical (unpaired) electrons. The second-order valence-electron chi connectivity index (χ2n) is 7.74. The molecule has 1 aliphatic heterocycles. The van der Waals surface area contributed by atoms with Crippen molar-refractivity contribution in [3.8, 4) is 0 Å².